The second-order valence-corrected chi connectivity index (χ2v) is 4.55. The second-order valence-electron chi connectivity index (χ2n) is 4.55. The first kappa shape index (κ1) is 10.6. The van der Waals surface area contributed by atoms with E-state index in [0.29, 0.717) is 12.0 Å². The molecule has 2 rings (SSSR count). The molecule has 0 aliphatic carbocycles. The quantitative estimate of drug-likeness (QED) is 0.825. The Morgan fingerprint density at radius 3 is 2.93 bits per heavy atom. The number of rotatable bonds is 3. The summed E-state index contributed by atoms with van der Waals surface area (Å²) in [5.74, 6) is 1.92. The van der Waals surface area contributed by atoms with Crippen LogP contribution in [0, 0.1) is 0 Å². The average molecular weight is 209 g/mol. The minimum atomic E-state index is 0.325. The van der Waals surface area contributed by atoms with Crippen LogP contribution in [0.15, 0.2) is 4.52 Å². The summed E-state index contributed by atoms with van der Waals surface area (Å²) in [6.45, 7) is 5.26. The highest BCUT2D eigenvalue weighted by atomic mass is 16.5. The van der Waals surface area contributed by atoms with Crippen LogP contribution in [0.4, 0.5) is 0 Å². The monoisotopic (exact) mass is 209 g/mol. The third-order valence-corrected chi connectivity index (χ3v) is 2.82. The Bertz CT molecular complexity index is 303. The van der Waals surface area contributed by atoms with Gasteiger partial charge < -0.3 is 9.84 Å². The van der Waals surface area contributed by atoms with Gasteiger partial charge >= 0.3 is 0 Å². The van der Waals surface area contributed by atoms with E-state index < -0.39 is 0 Å². The lowest BCUT2D eigenvalue weighted by Crippen LogP contribution is -2.35. The lowest BCUT2D eigenvalue weighted by Gasteiger charge is -2.21. The fraction of sp³-hybridized carbons (Fsp3) is 0.818. The van der Waals surface area contributed by atoms with Crippen LogP contribution in [-0.4, -0.2) is 22.7 Å². The minimum absolute atomic E-state index is 0.325. The van der Waals surface area contributed by atoms with Gasteiger partial charge in [0, 0.05) is 18.4 Å². The first-order valence-electron chi connectivity index (χ1n) is 5.81. The van der Waals surface area contributed by atoms with Crippen molar-refractivity contribution in [3.63, 3.8) is 0 Å². The summed E-state index contributed by atoms with van der Waals surface area (Å²) in [7, 11) is 0. The summed E-state index contributed by atoms with van der Waals surface area (Å²) in [6.07, 6.45) is 4.73. The van der Waals surface area contributed by atoms with E-state index in [2.05, 4.69) is 29.3 Å². The van der Waals surface area contributed by atoms with Gasteiger partial charge in [0.05, 0.1) is 0 Å². The highest BCUT2D eigenvalue weighted by Gasteiger charge is 2.17. The Labute approximate surface area is 90.4 Å². The van der Waals surface area contributed by atoms with Crippen LogP contribution < -0.4 is 5.32 Å². The van der Waals surface area contributed by atoms with Gasteiger partial charge in [-0.05, 0) is 19.4 Å². The molecule has 1 aliphatic rings. The topological polar surface area (TPSA) is 51.0 Å². The normalized spacial score (nSPS) is 22.2. The summed E-state index contributed by atoms with van der Waals surface area (Å²) in [4.78, 5) is 4.39. The molecule has 1 aromatic rings. The molecule has 2 heterocycles. The lowest BCUT2D eigenvalue weighted by atomic mass is 10.0. The first-order chi connectivity index (χ1) is 7.25. The third kappa shape index (κ3) is 2.78. The molecule has 0 aromatic carbocycles. The molecule has 4 nitrogen and oxygen atoms in total. The smallest absolute Gasteiger partial charge is 0.229 e. The van der Waals surface area contributed by atoms with Crippen molar-refractivity contribution in [1.29, 1.82) is 0 Å². The van der Waals surface area contributed by atoms with Gasteiger partial charge in [0.15, 0.2) is 5.82 Å². The number of piperidine rings is 1. The van der Waals surface area contributed by atoms with Crippen molar-refractivity contribution in [3.05, 3.63) is 11.7 Å². The molecule has 1 atom stereocenters. The lowest BCUT2D eigenvalue weighted by molar-refractivity contribution is 0.352. The van der Waals surface area contributed by atoms with Crippen molar-refractivity contribution in [3.8, 4) is 0 Å². The van der Waals surface area contributed by atoms with E-state index in [-0.39, 0.29) is 0 Å². The summed E-state index contributed by atoms with van der Waals surface area (Å²) >= 11 is 0. The van der Waals surface area contributed by atoms with Crippen molar-refractivity contribution in [1.82, 2.24) is 15.5 Å². The third-order valence-electron chi connectivity index (χ3n) is 2.82. The Morgan fingerprint density at radius 2 is 2.33 bits per heavy atom. The van der Waals surface area contributed by atoms with Crippen LogP contribution in [0.3, 0.4) is 0 Å². The molecule has 0 amide bonds. The van der Waals surface area contributed by atoms with Gasteiger partial charge in [0.25, 0.3) is 0 Å². The molecule has 1 aromatic heterocycles. The predicted molar refractivity (Wildman–Crippen MR) is 57.7 cm³/mol. The Kier molecular flexibility index (Phi) is 3.36. The fourth-order valence-corrected chi connectivity index (χ4v) is 1.90. The van der Waals surface area contributed by atoms with Crippen LogP contribution in [0.25, 0.3) is 0 Å². The average Bonchev–Trinajstić information content (AvgIpc) is 2.68. The van der Waals surface area contributed by atoms with Crippen molar-refractivity contribution in [2.45, 2.75) is 51.5 Å². The molecule has 4 heteroatoms. The molecule has 15 heavy (non-hydrogen) atoms. The zero-order chi connectivity index (χ0) is 10.7. The summed E-state index contributed by atoms with van der Waals surface area (Å²) in [5.41, 5.74) is 0. The summed E-state index contributed by atoms with van der Waals surface area (Å²) in [6, 6.07) is 0.538. The van der Waals surface area contributed by atoms with Gasteiger partial charge in [-0.1, -0.05) is 25.4 Å². The van der Waals surface area contributed by atoms with E-state index in [1.807, 2.05) is 0 Å². The highest BCUT2D eigenvalue weighted by Crippen LogP contribution is 2.14. The van der Waals surface area contributed by atoms with E-state index in [0.717, 1.165) is 24.7 Å². The van der Waals surface area contributed by atoms with Crippen molar-refractivity contribution < 1.29 is 4.52 Å². The fourth-order valence-electron chi connectivity index (χ4n) is 1.90. The van der Waals surface area contributed by atoms with E-state index in [1.54, 1.807) is 0 Å². The minimum Gasteiger partial charge on any atom is -0.339 e. The predicted octanol–water partition coefficient (Wildman–Crippen LogP) is 1.88. The standard InChI is InChI=1S/C11H19N3O/c1-8(2)11-13-10(14-15-11)7-9-5-3-4-6-12-9/h8-9,12H,3-7H2,1-2H3. The number of hydrogen-bond acceptors (Lipinski definition) is 4. The largest absolute Gasteiger partial charge is 0.339 e. The van der Waals surface area contributed by atoms with Gasteiger partial charge in [0.1, 0.15) is 0 Å². The maximum absolute atomic E-state index is 5.18. The molecular formula is C11H19N3O. The van der Waals surface area contributed by atoms with E-state index in [4.69, 9.17) is 4.52 Å². The Hall–Kier alpha value is -0.900. The molecule has 0 radical (unpaired) electrons. The van der Waals surface area contributed by atoms with Crippen LogP contribution >= 0.6 is 0 Å². The molecule has 1 N–H and O–H groups in total. The van der Waals surface area contributed by atoms with Gasteiger partial charge in [-0.15, -0.1) is 0 Å². The summed E-state index contributed by atoms with van der Waals surface area (Å²) in [5, 5.41) is 7.49. The van der Waals surface area contributed by atoms with Gasteiger partial charge in [0.2, 0.25) is 5.89 Å². The van der Waals surface area contributed by atoms with Crippen LogP contribution in [0.5, 0.6) is 0 Å². The van der Waals surface area contributed by atoms with Gasteiger partial charge in [-0.3, -0.25) is 0 Å². The molecule has 84 valence electrons. The van der Waals surface area contributed by atoms with Crippen molar-refractivity contribution >= 4 is 0 Å². The van der Waals surface area contributed by atoms with Crippen LogP contribution in [0.2, 0.25) is 0 Å². The number of hydrogen-bond donors (Lipinski definition) is 1. The van der Waals surface area contributed by atoms with Crippen LogP contribution in [0.1, 0.15) is 50.7 Å². The highest BCUT2D eigenvalue weighted by molar-refractivity contribution is 4.94. The zero-order valence-corrected chi connectivity index (χ0v) is 9.49. The van der Waals surface area contributed by atoms with E-state index >= 15 is 0 Å². The number of aromatic nitrogens is 2. The van der Waals surface area contributed by atoms with E-state index in [1.165, 1.54) is 19.3 Å². The molecular weight excluding hydrogens is 190 g/mol. The van der Waals surface area contributed by atoms with E-state index in [9.17, 15) is 0 Å². The first-order valence-corrected chi connectivity index (χ1v) is 5.81. The Morgan fingerprint density at radius 1 is 1.47 bits per heavy atom. The molecule has 1 saturated heterocycles. The molecule has 0 saturated carbocycles. The molecule has 1 unspecified atom stereocenters. The maximum atomic E-state index is 5.18. The van der Waals surface area contributed by atoms with Gasteiger partial charge in [-0.2, -0.15) is 4.98 Å². The van der Waals surface area contributed by atoms with Crippen LogP contribution in [-0.2, 0) is 6.42 Å². The molecule has 1 fully saturated rings. The van der Waals surface area contributed by atoms with Crippen molar-refractivity contribution in [2.24, 2.45) is 0 Å². The molecule has 0 spiro atoms. The second kappa shape index (κ2) is 4.75. The van der Waals surface area contributed by atoms with Gasteiger partial charge in [-0.25, -0.2) is 0 Å². The van der Waals surface area contributed by atoms with Crippen molar-refractivity contribution in [2.75, 3.05) is 6.54 Å². The molecule has 1 aliphatic heterocycles. The maximum Gasteiger partial charge on any atom is 0.229 e. The molecule has 0 bridgehead atoms. The Balaban J connectivity index is 1.91. The SMILES string of the molecule is CC(C)c1nc(CC2CCCCN2)no1. The number of nitrogens with zero attached hydrogens (tertiary/aromatic N) is 2. The zero-order valence-electron chi connectivity index (χ0n) is 9.49. The summed E-state index contributed by atoms with van der Waals surface area (Å²) < 4.78 is 5.18. The number of nitrogens with one attached hydrogen (secondary N) is 1.